The van der Waals surface area contributed by atoms with E-state index in [9.17, 15) is 9.18 Å². The molecule has 1 amide bonds. The lowest BCUT2D eigenvalue weighted by atomic mass is 10.2. The van der Waals surface area contributed by atoms with Crippen LogP contribution in [0.4, 0.5) is 4.39 Å². The number of pyridine rings is 1. The van der Waals surface area contributed by atoms with Crippen molar-refractivity contribution >= 4 is 5.91 Å². The molecule has 1 heterocycles. The molecular formula is C13H17FN2O2. The topological polar surface area (TPSA) is 42.4 Å². The Morgan fingerprint density at radius 3 is 3.06 bits per heavy atom. The van der Waals surface area contributed by atoms with E-state index in [0.29, 0.717) is 18.7 Å². The molecule has 0 bridgehead atoms. The van der Waals surface area contributed by atoms with Gasteiger partial charge in [0.15, 0.2) is 0 Å². The molecule has 0 spiro atoms. The zero-order valence-corrected chi connectivity index (χ0v) is 10.4. The molecule has 1 saturated carbocycles. The summed E-state index contributed by atoms with van der Waals surface area (Å²) in [6.45, 7) is 1.81. The first-order chi connectivity index (χ1) is 8.66. The molecule has 5 heteroatoms. The zero-order valence-electron chi connectivity index (χ0n) is 10.4. The van der Waals surface area contributed by atoms with Gasteiger partial charge in [-0.3, -0.25) is 4.79 Å². The van der Waals surface area contributed by atoms with E-state index in [1.807, 2.05) is 0 Å². The van der Waals surface area contributed by atoms with E-state index >= 15 is 0 Å². The third kappa shape index (κ3) is 3.77. The molecule has 0 radical (unpaired) electrons. The molecule has 1 aromatic rings. The second kappa shape index (κ2) is 5.91. The van der Waals surface area contributed by atoms with E-state index in [0.717, 1.165) is 18.6 Å². The summed E-state index contributed by atoms with van der Waals surface area (Å²) in [7, 11) is 1.68. The summed E-state index contributed by atoms with van der Waals surface area (Å²) >= 11 is 0. The quantitative estimate of drug-likeness (QED) is 0.572. The average Bonchev–Trinajstić information content (AvgIpc) is 3.17. The van der Waals surface area contributed by atoms with Crippen LogP contribution in [-0.2, 0) is 4.74 Å². The molecule has 0 aromatic carbocycles. The molecule has 0 N–H and O–H groups in total. The molecule has 0 unspecified atom stereocenters. The van der Waals surface area contributed by atoms with Crippen LogP contribution < -0.4 is 0 Å². The number of rotatable bonds is 6. The molecule has 4 nitrogen and oxygen atoms in total. The first-order valence-electron chi connectivity index (χ1n) is 6.11. The Morgan fingerprint density at radius 2 is 2.39 bits per heavy atom. The van der Waals surface area contributed by atoms with Gasteiger partial charge >= 0.3 is 0 Å². The van der Waals surface area contributed by atoms with Crippen molar-refractivity contribution in [2.24, 2.45) is 5.92 Å². The first kappa shape index (κ1) is 13.0. The summed E-state index contributed by atoms with van der Waals surface area (Å²) in [5.74, 6) is -0.133. The summed E-state index contributed by atoms with van der Waals surface area (Å²) in [6, 6.07) is 2.65. The number of aromatic nitrogens is 1. The zero-order chi connectivity index (χ0) is 13.0. The van der Waals surface area contributed by atoms with Gasteiger partial charge < -0.3 is 9.64 Å². The summed E-state index contributed by atoms with van der Waals surface area (Å²) in [4.78, 5) is 16.9. The maximum Gasteiger partial charge on any atom is 0.253 e. The Balaban J connectivity index is 1.76. The second-order valence-electron chi connectivity index (χ2n) is 4.61. The molecule has 2 rings (SSSR count). The number of hydrogen-bond acceptors (Lipinski definition) is 3. The van der Waals surface area contributed by atoms with Crippen molar-refractivity contribution in [3.63, 3.8) is 0 Å². The van der Waals surface area contributed by atoms with Crippen LogP contribution in [0.15, 0.2) is 18.3 Å². The molecule has 1 aliphatic carbocycles. The number of amides is 1. The van der Waals surface area contributed by atoms with Gasteiger partial charge in [-0.1, -0.05) is 0 Å². The molecule has 0 aliphatic heterocycles. The Labute approximate surface area is 106 Å². The lowest BCUT2D eigenvalue weighted by molar-refractivity contribution is 0.0680. The van der Waals surface area contributed by atoms with Crippen LogP contribution in [0, 0.1) is 11.9 Å². The number of likely N-dealkylation sites (N-methyl/N-ethyl adjacent to an activating group) is 1. The van der Waals surface area contributed by atoms with Crippen LogP contribution in [0.2, 0.25) is 0 Å². The Morgan fingerprint density at radius 1 is 1.61 bits per heavy atom. The van der Waals surface area contributed by atoms with Crippen molar-refractivity contribution in [2.45, 2.75) is 12.8 Å². The van der Waals surface area contributed by atoms with Crippen molar-refractivity contribution in [3.05, 3.63) is 29.8 Å². The Hall–Kier alpha value is -1.49. The minimum atomic E-state index is -0.640. The molecule has 0 atom stereocenters. The highest BCUT2D eigenvalue weighted by molar-refractivity contribution is 5.93. The van der Waals surface area contributed by atoms with Crippen molar-refractivity contribution < 1.29 is 13.9 Å². The van der Waals surface area contributed by atoms with Crippen LogP contribution in [-0.4, -0.2) is 42.6 Å². The molecule has 18 heavy (non-hydrogen) atoms. The van der Waals surface area contributed by atoms with Crippen LogP contribution in [0.1, 0.15) is 23.2 Å². The van der Waals surface area contributed by atoms with Gasteiger partial charge in [-0.15, -0.1) is 0 Å². The minimum absolute atomic E-state index is 0.216. The fourth-order valence-electron chi connectivity index (χ4n) is 1.59. The number of ether oxygens (including phenoxy) is 1. The summed E-state index contributed by atoms with van der Waals surface area (Å²) in [6.07, 6.45) is 3.80. The summed E-state index contributed by atoms with van der Waals surface area (Å²) in [5.41, 5.74) is 0.312. The minimum Gasteiger partial charge on any atom is -0.379 e. The van der Waals surface area contributed by atoms with Crippen molar-refractivity contribution in [1.82, 2.24) is 9.88 Å². The predicted molar refractivity (Wildman–Crippen MR) is 64.7 cm³/mol. The standard InChI is InChI=1S/C13H17FN2O2/c1-16(6-7-18-9-10-2-3-10)13(17)11-4-5-15-12(14)8-11/h4-5,8,10H,2-3,6-7,9H2,1H3. The van der Waals surface area contributed by atoms with Crippen molar-refractivity contribution in [1.29, 1.82) is 0 Å². The molecular weight excluding hydrogens is 235 g/mol. The molecule has 98 valence electrons. The van der Waals surface area contributed by atoms with Crippen molar-refractivity contribution in [2.75, 3.05) is 26.8 Å². The fraction of sp³-hybridized carbons (Fsp3) is 0.538. The van der Waals surface area contributed by atoms with E-state index in [-0.39, 0.29) is 5.91 Å². The van der Waals surface area contributed by atoms with Crippen molar-refractivity contribution in [3.8, 4) is 0 Å². The van der Waals surface area contributed by atoms with E-state index in [1.54, 1.807) is 7.05 Å². The first-order valence-corrected chi connectivity index (χ1v) is 6.11. The predicted octanol–water partition coefficient (Wildman–Crippen LogP) is 1.72. The third-order valence-electron chi connectivity index (χ3n) is 2.94. The van der Waals surface area contributed by atoms with Crippen LogP contribution in [0.3, 0.4) is 0 Å². The Bertz CT molecular complexity index is 421. The summed E-state index contributed by atoms with van der Waals surface area (Å²) in [5, 5.41) is 0. The van der Waals surface area contributed by atoms with Gasteiger partial charge in [-0.2, -0.15) is 4.39 Å². The van der Waals surface area contributed by atoms with E-state index in [2.05, 4.69) is 4.98 Å². The van der Waals surface area contributed by atoms with Gasteiger partial charge in [0.1, 0.15) is 0 Å². The van der Waals surface area contributed by atoms with Gasteiger partial charge in [0.05, 0.1) is 6.61 Å². The lowest BCUT2D eigenvalue weighted by Crippen LogP contribution is -2.30. The summed E-state index contributed by atoms with van der Waals surface area (Å²) < 4.78 is 18.3. The van der Waals surface area contributed by atoms with Crippen LogP contribution in [0.25, 0.3) is 0 Å². The van der Waals surface area contributed by atoms with Gasteiger partial charge in [0.25, 0.3) is 5.91 Å². The number of halogens is 1. The van der Waals surface area contributed by atoms with Gasteiger partial charge in [-0.25, -0.2) is 4.98 Å². The molecule has 1 aromatic heterocycles. The highest BCUT2D eigenvalue weighted by Gasteiger charge is 2.21. The molecule has 1 fully saturated rings. The van der Waals surface area contributed by atoms with Crippen LogP contribution >= 0.6 is 0 Å². The maximum atomic E-state index is 12.9. The van der Waals surface area contributed by atoms with E-state index in [4.69, 9.17) is 4.74 Å². The normalized spacial score (nSPS) is 14.6. The lowest BCUT2D eigenvalue weighted by Gasteiger charge is -2.17. The van der Waals surface area contributed by atoms with Crippen LogP contribution in [0.5, 0.6) is 0 Å². The largest absolute Gasteiger partial charge is 0.379 e. The fourth-order valence-corrected chi connectivity index (χ4v) is 1.59. The molecule has 1 aliphatic rings. The van der Waals surface area contributed by atoms with Gasteiger partial charge in [0.2, 0.25) is 5.95 Å². The number of carbonyl (C=O) groups is 1. The Kier molecular flexibility index (Phi) is 4.25. The number of carbonyl (C=O) groups excluding carboxylic acids is 1. The monoisotopic (exact) mass is 252 g/mol. The second-order valence-corrected chi connectivity index (χ2v) is 4.61. The van der Waals surface area contributed by atoms with E-state index < -0.39 is 5.95 Å². The molecule has 0 saturated heterocycles. The SMILES string of the molecule is CN(CCOCC1CC1)C(=O)c1ccnc(F)c1. The third-order valence-corrected chi connectivity index (χ3v) is 2.94. The number of nitrogens with zero attached hydrogens (tertiary/aromatic N) is 2. The highest BCUT2D eigenvalue weighted by atomic mass is 19.1. The van der Waals surface area contributed by atoms with E-state index in [1.165, 1.54) is 30.0 Å². The van der Waals surface area contributed by atoms with Gasteiger partial charge in [-0.05, 0) is 24.8 Å². The smallest absolute Gasteiger partial charge is 0.253 e. The van der Waals surface area contributed by atoms with Gasteiger partial charge in [0, 0.05) is 38.0 Å². The average molecular weight is 252 g/mol. The highest BCUT2D eigenvalue weighted by Crippen LogP contribution is 2.28. The number of hydrogen-bond donors (Lipinski definition) is 0. The maximum absolute atomic E-state index is 12.9.